The molecule has 1 N–H and O–H groups in total. The van der Waals surface area contributed by atoms with E-state index in [0.29, 0.717) is 0 Å². The van der Waals surface area contributed by atoms with Gasteiger partial charge in [0.05, 0.1) is 6.10 Å². The maximum Gasteiger partial charge on any atom is 0.283 e. The van der Waals surface area contributed by atoms with Crippen LogP contribution in [0.3, 0.4) is 0 Å². The molecule has 3 heteroatoms. The maximum absolute atomic E-state index is 9.95. The summed E-state index contributed by atoms with van der Waals surface area (Å²) < 4.78 is 6.82. The van der Waals surface area contributed by atoms with Crippen molar-refractivity contribution in [3.05, 3.63) is 90.5 Å². The molecule has 3 rings (SSSR count). The fourth-order valence-electron chi connectivity index (χ4n) is 3.03. The third-order valence-electron chi connectivity index (χ3n) is 4.27. The number of phenolic OH excluding ortho intramolecular Hbond substituents is 1. The Kier molecular flexibility index (Phi) is 5.60. The first-order valence-corrected chi connectivity index (χ1v) is 10.3. The summed E-state index contributed by atoms with van der Waals surface area (Å²) in [5.41, 5.74) is 0.902. The van der Waals surface area contributed by atoms with E-state index in [2.05, 4.69) is 69.3 Å². The number of aromatic hydroxyl groups is 1. The third kappa shape index (κ3) is 4.42. The van der Waals surface area contributed by atoms with E-state index in [9.17, 15) is 5.11 Å². The van der Waals surface area contributed by atoms with Crippen molar-refractivity contribution in [2.45, 2.75) is 26.9 Å². The van der Waals surface area contributed by atoms with E-state index in [1.165, 1.54) is 10.4 Å². The lowest BCUT2D eigenvalue weighted by molar-refractivity contribution is 0.0895. The summed E-state index contributed by atoms with van der Waals surface area (Å²) in [7, 11) is -1.42. The van der Waals surface area contributed by atoms with Crippen molar-refractivity contribution in [3.8, 4) is 5.75 Å². The summed E-state index contributed by atoms with van der Waals surface area (Å²) in [6.07, 6.45) is -0.121. The molecule has 0 heterocycles. The van der Waals surface area contributed by atoms with Crippen LogP contribution in [0.5, 0.6) is 5.75 Å². The molecule has 0 saturated carbocycles. The first-order valence-electron chi connectivity index (χ1n) is 8.88. The van der Waals surface area contributed by atoms with E-state index in [4.69, 9.17) is 4.43 Å². The topological polar surface area (TPSA) is 29.5 Å². The van der Waals surface area contributed by atoms with Crippen LogP contribution in [-0.2, 0) is 4.43 Å². The van der Waals surface area contributed by atoms with Crippen LogP contribution >= 0.6 is 0 Å². The predicted octanol–water partition coefficient (Wildman–Crippen LogP) is 4.30. The zero-order valence-electron chi connectivity index (χ0n) is 15.5. The Bertz CT molecular complexity index is 786. The lowest BCUT2D eigenvalue weighted by Crippen LogP contribution is -2.47. The molecule has 1 atom stereocenters. The van der Waals surface area contributed by atoms with Crippen molar-refractivity contribution in [2.75, 3.05) is 0 Å². The highest BCUT2D eigenvalue weighted by Gasteiger charge is 2.32. The first-order chi connectivity index (χ1) is 12.4. The highest BCUT2D eigenvalue weighted by atomic mass is 28.3. The third-order valence-corrected chi connectivity index (χ3v) is 6.45. The summed E-state index contributed by atoms with van der Waals surface area (Å²) >= 11 is 0. The number of phenols is 1. The Morgan fingerprint density at radius 3 is 1.77 bits per heavy atom. The standard InChI is InChI=1S/C23H25O2Si/c1-23(2,3)22(18-11-10-12-19(24)17-18)25-26(20-13-6-4-7-14-20)21-15-8-5-9-16-21/h4-17,22,24H,1-3H3. The minimum Gasteiger partial charge on any atom is -0.508 e. The molecular weight excluding hydrogens is 336 g/mol. The summed E-state index contributed by atoms with van der Waals surface area (Å²) in [4.78, 5) is 0. The minimum absolute atomic E-state index is 0.104. The number of benzene rings is 3. The largest absolute Gasteiger partial charge is 0.508 e. The molecule has 3 aromatic carbocycles. The molecule has 1 unspecified atom stereocenters. The second-order valence-corrected chi connectivity index (χ2v) is 9.57. The van der Waals surface area contributed by atoms with Gasteiger partial charge in [-0.25, -0.2) is 0 Å². The van der Waals surface area contributed by atoms with Crippen LogP contribution < -0.4 is 10.4 Å². The maximum atomic E-state index is 9.95. The molecule has 0 saturated heterocycles. The molecule has 0 aliphatic rings. The van der Waals surface area contributed by atoms with E-state index in [1.54, 1.807) is 6.07 Å². The van der Waals surface area contributed by atoms with E-state index in [1.807, 2.05) is 30.3 Å². The highest BCUT2D eigenvalue weighted by molar-refractivity contribution is 6.80. The van der Waals surface area contributed by atoms with Crippen LogP contribution in [0.2, 0.25) is 0 Å². The molecule has 0 aliphatic heterocycles. The van der Waals surface area contributed by atoms with Gasteiger partial charge in [0.15, 0.2) is 0 Å². The molecule has 3 aromatic rings. The second-order valence-electron chi connectivity index (χ2n) is 7.52. The van der Waals surface area contributed by atoms with Crippen molar-refractivity contribution in [2.24, 2.45) is 5.41 Å². The van der Waals surface area contributed by atoms with Gasteiger partial charge in [0.1, 0.15) is 5.75 Å². The summed E-state index contributed by atoms with van der Waals surface area (Å²) in [6.45, 7) is 6.53. The lowest BCUT2D eigenvalue weighted by atomic mass is 9.85. The molecule has 0 aromatic heterocycles. The normalized spacial score (nSPS) is 12.9. The fourth-order valence-corrected chi connectivity index (χ4v) is 5.35. The van der Waals surface area contributed by atoms with Crippen LogP contribution in [0.15, 0.2) is 84.9 Å². The van der Waals surface area contributed by atoms with Crippen molar-refractivity contribution in [3.63, 3.8) is 0 Å². The van der Waals surface area contributed by atoms with Crippen LogP contribution in [0.1, 0.15) is 32.4 Å². The van der Waals surface area contributed by atoms with Crippen molar-refractivity contribution in [1.82, 2.24) is 0 Å². The molecule has 26 heavy (non-hydrogen) atoms. The average molecular weight is 362 g/mol. The van der Waals surface area contributed by atoms with Crippen molar-refractivity contribution >= 4 is 19.4 Å². The first kappa shape index (κ1) is 18.4. The van der Waals surface area contributed by atoms with Gasteiger partial charge in [-0.2, -0.15) is 0 Å². The van der Waals surface area contributed by atoms with Gasteiger partial charge < -0.3 is 9.53 Å². The van der Waals surface area contributed by atoms with E-state index < -0.39 is 9.04 Å². The van der Waals surface area contributed by atoms with E-state index in [0.717, 1.165) is 5.56 Å². The van der Waals surface area contributed by atoms with Gasteiger partial charge in [-0.3, -0.25) is 0 Å². The summed E-state index contributed by atoms with van der Waals surface area (Å²) in [5, 5.41) is 12.4. The molecule has 0 fully saturated rings. The molecule has 0 spiro atoms. The van der Waals surface area contributed by atoms with E-state index >= 15 is 0 Å². The van der Waals surface area contributed by atoms with Crippen LogP contribution in [0.25, 0.3) is 0 Å². The summed E-state index contributed by atoms with van der Waals surface area (Å²) in [6, 6.07) is 28.3. The van der Waals surface area contributed by atoms with Gasteiger partial charge in [0, 0.05) is 0 Å². The summed E-state index contributed by atoms with van der Waals surface area (Å²) in [5.74, 6) is 0.272. The number of rotatable bonds is 5. The van der Waals surface area contributed by atoms with Gasteiger partial charge in [0.25, 0.3) is 9.04 Å². The predicted molar refractivity (Wildman–Crippen MR) is 109 cm³/mol. The van der Waals surface area contributed by atoms with Crippen molar-refractivity contribution < 1.29 is 9.53 Å². The van der Waals surface area contributed by atoms with Gasteiger partial charge in [-0.1, -0.05) is 93.6 Å². The molecule has 133 valence electrons. The SMILES string of the molecule is CC(C)(C)C(O[Si](c1ccccc1)c1ccccc1)c1cccc(O)c1. The number of hydrogen-bond acceptors (Lipinski definition) is 2. The molecule has 0 amide bonds. The Morgan fingerprint density at radius 1 is 0.769 bits per heavy atom. The van der Waals surface area contributed by atoms with Gasteiger partial charge >= 0.3 is 0 Å². The molecular formula is C23H25O2Si. The Balaban J connectivity index is 2.03. The monoisotopic (exact) mass is 361 g/mol. The fraction of sp³-hybridized carbons (Fsp3) is 0.217. The zero-order chi connectivity index (χ0) is 18.6. The van der Waals surface area contributed by atoms with Gasteiger partial charge in [-0.15, -0.1) is 0 Å². The highest BCUT2D eigenvalue weighted by Crippen LogP contribution is 2.37. The van der Waals surface area contributed by atoms with Crippen LogP contribution in [0.4, 0.5) is 0 Å². The number of hydrogen-bond donors (Lipinski definition) is 1. The minimum atomic E-state index is -1.42. The Labute approximate surface area is 157 Å². The van der Waals surface area contributed by atoms with Gasteiger partial charge in [0.2, 0.25) is 0 Å². The molecule has 0 bridgehead atoms. The zero-order valence-corrected chi connectivity index (χ0v) is 16.5. The second kappa shape index (κ2) is 7.90. The molecule has 0 aliphatic carbocycles. The Morgan fingerprint density at radius 2 is 1.31 bits per heavy atom. The van der Waals surface area contributed by atoms with Crippen molar-refractivity contribution in [1.29, 1.82) is 0 Å². The smallest absolute Gasteiger partial charge is 0.283 e. The lowest BCUT2D eigenvalue weighted by Gasteiger charge is -2.34. The average Bonchev–Trinajstić information content (AvgIpc) is 2.63. The van der Waals surface area contributed by atoms with Gasteiger partial charge in [-0.05, 0) is 33.5 Å². The molecule has 2 nitrogen and oxygen atoms in total. The molecule has 1 radical (unpaired) electrons. The van der Waals surface area contributed by atoms with E-state index in [-0.39, 0.29) is 17.3 Å². The van der Waals surface area contributed by atoms with Crippen LogP contribution in [0, 0.1) is 5.41 Å². The Hall–Kier alpha value is -2.36. The quantitative estimate of drug-likeness (QED) is 0.687. The van der Waals surface area contributed by atoms with Crippen LogP contribution in [-0.4, -0.2) is 14.1 Å².